The molecular weight excluding hydrogens is 342 g/mol. The molecule has 1 atom stereocenters. The zero-order valence-corrected chi connectivity index (χ0v) is 14.8. The Balaban J connectivity index is 0.00000361. The molecule has 0 aliphatic carbocycles. The molecule has 0 fully saturated rings. The highest BCUT2D eigenvalue weighted by molar-refractivity contribution is 9.10. The van der Waals surface area contributed by atoms with E-state index < -0.39 is 0 Å². The summed E-state index contributed by atoms with van der Waals surface area (Å²) in [6, 6.07) is 5.77. The smallest absolute Gasteiger partial charge is 0.307 e. The highest BCUT2D eigenvalue weighted by Gasteiger charge is 2.18. The van der Waals surface area contributed by atoms with Gasteiger partial charge in [-0.3, -0.25) is 4.79 Å². The fourth-order valence-electron chi connectivity index (χ4n) is 1.78. The Morgan fingerprint density at radius 3 is 2.45 bits per heavy atom. The summed E-state index contributed by atoms with van der Waals surface area (Å²) >= 11 is 3.50. The molecular formula is C15H23BrClNO2. The van der Waals surface area contributed by atoms with Crippen molar-refractivity contribution < 1.29 is 9.53 Å². The largest absolute Gasteiger partial charge is 0.466 e. The molecule has 0 aromatic heterocycles. The summed E-state index contributed by atoms with van der Waals surface area (Å²) in [6.45, 7) is 8.62. The number of nitrogens with two attached hydrogens (primary N) is 1. The summed E-state index contributed by atoms with van der Waals surface area (Å²) in [5, 5.41) is 0. The van der Waals surface area contributed by atoms with Crippen molar-refractivity contribution >= 4 is 34.3 Å². The number of rotatable bonds is 4. The van der Waals surface area contributed by atoms with Crippen molar-refractivity contribution in [3.05, 3.63) is 33.8 Å². The van der Waals surface area contributed by atoms with Gasteiger partial charge in [-0.15, -0.1) is 12.4 Å². The van der Waals surface area contributed by atoms with E-state index in [0.717, 1.165) is 10.0 Å². The predicted molar refractivity (Wildman–Crippen MR) is 88.3 cm³/mol. The average Bonchev–Trinajstić information content (AvgIpc) is 2.27. The molecule has 0 bridgehead atoms. The molecule has 3 nitrogen and oxygen atoms in total. The van der Waals surface area contributed by atoms with Crippen LogP contribution in [0.2, 0.25) is 0 Å². The van der Waals surface area contributed by atoms with Crippen molar-refractivity contribution in [2.75, 3.05) is 6.61 Å². The maximum atomic E-state index is 11.5. The molecule has 0 aliphatic heterocycles. The lowest BCUT2D eigenvalue weighted by Gasteiger charge is -2.22. The molecule has 1 aromatic carbocycles. The van der Waals surface area contributed by atoms with Crippen LogP contribution in [0.25, 0.3) is 0 Å². The number of carbonyl (C=O) groups is 1. The summed E-state index contributed by atoms with van der Waals surface area (Å²) in [6.07, 6.45) is 0.202. The van der Waals surface area contributed by atoms with Gasteiger partial charge in [-0.2, -0.15) is 0 Å². The van der Waals surface area contributed by atoms with Gasteiger partial charge in [0.2, 0.25) is 0 Å². The van der Waals surface area contributed by atoms with Crippen molar-refractivity contribution in [2.45, 2.75) is 45.6 Å². The molecule has 0 amide bonds. The fourth-order valence-corrected chi connectivity index (χ4v) is 2.29. The van der Waals surface area contributed by atoms with E-state index in [-0.39, 0.29) is 36.3 Å². The highest BCUT2D eigenvalue weighted by Crippen LogP contribution is 2.29. The van der Waals surface area contributed by atoms with Crippen LogP contribution in [0.5, 0.6) is 0 Å². The van der Waals surface area contributed by atoms with E-state index >= 15 is 0 Å². The lowest BCUT2D eigenvalue weighted by Crippen LogP contribution is -2.19. The first-order valence-electron chi connectivity index (χ1n) is 6.46. The van der Waals surface area contributed by atoms with Crippen LogP contribution in [0.4, 0.5) is 0 Å². The third-order valence-corrected chi connectivity index (χ3v) is 3.36. The summed E-state index contributed by atoms with van der Waals surface area (Å²) in [5.74, 6) is -0.257. The zero-order chi connectivity index (χ0) is 14.6. The van der Waals surface area contributed by atoms with Crippen molar-refractivity contribution in [2.24, 2.45) is 5.73 Å². The maximum Gasteiger partial charge on any atom is 0.307 e. The zero-order valence-electron chi connectivity index (χ0n) is 12.4. The van der Waals surface area contributed by atoms with Crippen LogP contribution < -0.4 is 5.73 Å². The Morgan fingerprint density at radius 1 is 1.35 bits per heavy atom. The van der Waals surface area contributed by atoms with Crippen molar-refractivity contribution in [1.29, 1.82) is 0 Å². The van der Waals surface area contributed by atoms with Crippen molar-refractivity contribution in [3.63, 3.8) is 0 Å². The summed E-state index contributed by atoms with van der Waals surface area (Å²) < 4.78 is 5.91. The first-order valence-corrected chi connectivity index (χ1v) is 7.25. The van der Waals surface area contributed by atoms with Gasteiger partial charge in [-0.05, 0) is 35.6 Å². The maximum absolute atomic E-state index is 11.5. The molecule has 1 aromatic rings. The Bertz CT molecular complexity index is 458. The van der Waals surface area contributed by atoms with E-state index in [1.165, 1.54) is 5.56 Å². The minimum atomic E-state index is -0.336. The first kappa shape index (κ1) is 19.4. The number of ether oxygens (including phenoxy) is 1. The number of esters is 1. The monoisotopic (exact) mass is 363 g/mol. The van der Waals surface area contributed by atoms with Crippen LogP contribution in [-0.4, -0.2) is 12.6 Å². The molecule has 114 valence electrons. The van der Waals surface area contributed by atoms with E-state index in [0.29, 0.717) is 6.61 Å². The summed E-state index contributed by atoms with van der Waals surface area (Å²) in [4.78, 5) is 11.5. The standard InChI is InChI=1S/C15H22BrNO2.ClH/c1-5-19-14(18)9-13(17)10-6-11(15(2,3)4)8-12(16)7-10;/h6-8,13H,5,9,17H2,1-4H3;1H. The van der Waals surface area contributed by atoms with E-state index in [9.17, 15) is 4.79 Å². The Kier molecular flexibility index (Phi) is 7.78. The van der Waals surface area contributed by atoms with Gasteiger partial charge in [0.25, 0.3) is 0 Å². The quantitative estimate of drug-likeness (QED) is 0.818. The average molecular weight is 365 g/mol. The number of halogens is 2. The number of benzene rings is 1. The minimum Gasteiger partial charge on any atom is -0.466 e. The molecule has 5 heteroatoms. The Labute approximate surface area is 135 Å². The molecule has 2 N–H and O–H groups in total. The van der Waals surface area contributed by atoms with Crippen LogP contribution >= 0.6 is 28.3 Å². The molecule has 20 heavy (non-hydrogen) atoms. The van der Waals surface area contributed by atoms with Crippen LogP contribution in [0.1, 0.15) is 51.3 Å². The highest BCUT2D eigenvalue weighted by atomic mass is 79.9. The molecule has 0 radical (unpaired) electrons. The Hall–Kier alpha value is -0.580. The van der Waals surface area contributed by atoms with Crippen LogP contribution in [0.3, 0.4) is 0 Å². The molecule has 1 unspecified atom stereocenters. The second-order valence-corrected chi connectivity index (χ2v) is 6.55. The van der Waals surface area contributed by atoms with Gasteiger partial charge in [0.15, 0.2) is 0 Å². The lowest BCUT2D eigenvalue weighted by molar-refractivity contribution is -0.143. The van der Waals surface area contributed by atoms with Gasteiger partial charge in [0, 0.05) is 10.5 Å². The SMILES string of the molecule is CCOC(=O)CC(N)c1cc(Br)cc(C(C)(C)C)c1.Cl. The molecule has 0 spiro atoms. The molecule has 0 saturated carbocycles. The summed E-state index contributed by atoms with van der Waals surface area (Å²) in [7, 11) is 0. The van der Waals surface area contributed by atoms with Crippen LogP contribution in [-0.2, 0) is 14.9 Å². The van der Waals surface area contributed by atoms with Crippen LogP contribution in [0, 0.1) is 0 Å². The van der Waals surface area contributed by atoms with Gasteiger partial charge in [-0.1, -0.05) is 42.8 Å². The third kappa shape index (κ3) is 5.81. The van der Waals surface area contributed by atoms with Gasteiger partial charge >= 0.3 is 5.97 Å². The second kappa shape index (κ2) is 8.01. The number of hydrogen-bond donors (Lipinski definition) is 1. The minimum absolute atomic E-state index is 0. The summed E-state index contributed by atoms with van der Waals surface area (Å²) in [5.41, 5.74) is 8.27. The van der Waals surface area contributed by atoms with Crippen LogP contribution in [0.15, 0.2) is 22.7 Å². The van der Waals surface area contributed by atoms with Crippen molar-refractivity contribution in [1.82, 2.24) is 0 Å². The Morgan fingerprint density at radius 2 is 1.95 bits per heavy atom. The fraction of sp³-hybridized carbons (Fsp3) is 0.533. The van der Waals surface area contributed by atoms with Gasteiger partial charge in [0.1, 0.15) is 0 Å². The third-order valence-electron chi connectivity index (χ3n) is 2.91. The molecule has 0 aliphatic rings. The van der Waals surface area contributed by atoms with Gasteiger partial charge in [-0.25, -0.2) is 0 Å². The second-order valence-electron chi connectivity index (χ2n) is 5.64. The predicted octanol–water partition coefficient (Wildman–Crippen LogP) is 4.12. The molecule has 1 rings (SSSR count). The lowest BCUT2D eigenvalue weighted by atomic mass is 9.85. The molecule has 0 heterocycles. The van der Waals surface area contributed by atoms with Crippen molar-refractivity contribution in [3.8, 4) is 0 Å². The first-order chi connectivity index (χ1) is 8.74. The van der Waals surface area contributed by atoms with E-state index in [1.807, 2.05) is 6.07 Å². The number of carbonyl (C=O) groups excluding carboxylic acids is 1. The van der Waals surface area contributed by atoms with Gasteiger partial charge < -0.3 is 10.5 Å². The normalized spacial score (nSPS) is 12.5. The molecule has 0 saturated heterocycles. The van der Waals surface area contributed by atoms with E-state index in [4.69, 9.17) is 10.5 Å². The number of hydrogen-bond acceptors (Lipinski definition) is 3. The van der Waals surface area contributed by atoms with Gasteiger partial charge in [0.05, 0.1) is 13.0 Å². The van der Waals surface area contributed by atoms with E-state index in [1.54, 1.807) is 6.92 Å². The van der Waals surface area contributed by atoms with E-state index in [2.05, 4.69) is 48.8 Å². The topological polar surface area (TPSA) is 52.3 Å².